The largest absolute Gasteiger partial charge is 0.392 e. The molecule has 0 radical (unpaired) electrons. The first-order valence-electron chi connectivity index (χ1n) is 13.9. The molecule has 0 saturated carbocycles. The molecule has 1 heterocycles. The van der Waals surface area contributed by atoms with E-state index >= 15 is 0 Å². The van der Waals surface area contributed by atoms with E-state index in [4.69, 9.17) is 0 Å². The lowest BCUT2D eigenvalue weighted by Crippen LogP contribution is -2.66. The molecule has 1 fully saturated rings. The van der Waals surface area contributed by atoms with Crippen LogP contribution in [0.15, 0.2) is 96.0 Å². The number of hydrogen-bond donors (Lipinski definition) is 0. The van der Waals surface area contributed by atoms with E-state index in [1.807, 2.05) is 37.7 Å². The first kappa shape index (κ1) is 29.0. The fourth-order valence-electron chi connectivity index (χ4n) is 5.58. The second kappa shape index (κ2) is 13.8. The molecule has 0 atom stereocenters. The molecule has 0 unspecified atom stereocenters. The maximum Gasteiger partial charge on any atom is 0.392 e. The topological polar surface area (TPSA) is 25.1 Å². The summed E-state index contributed by atoms with van der Waals surface area (Å²) >= 11 is 0. The number of nitrogens with zero attached hydrogens (tertiary/aromatic N) is 5. The minimum Gasteiger partial charge on any atom is -0.330 e. The average molecular weight is 512 g/mol. The van der Waals surface area contributed by atoms with E-state index in [0.717, 1.165) is 25.0 Å². The standard InChI is InChI=1S/C22H24B.C10H22N5/c1-2-3-19-23(20-13-7-4-8-14-20,21-15-9-5-10-16-21)22-17-11-6-12-18-22;1-12(2)9(13(3)4)11-10-14(5)7-8-15(10)6/h4-18H,2-3,19H2,1H3;7-8H2,1-6H3/q-1;+1. The highest BCUT2D eigenvalue weighted by Gasteiger charge is 2.29. The van der Waals surface area contributed by atoms with Crippen LogP contribution >= 0.6 is 0 Å². The van der Waals surface area contributed by atoms with E-state index < -0.39 is 6.15 Å². The Morgan fingerprint density at radius 1 is 0.763 bits per heavy atom. The Balaban J connectivity index is 0.000000232. The molecule has 5 nitrogen and oxygen atoms in total. The summed E-state index contributed by atoms with van der Waals surface area (Å²) in [6.45, 7) is 4.37. The number of guanidine groups is 2. The van der Waals surface area contributed by atoms with E-state index in [1.54, 1.807) is 0 Å². The molecular formula is C32H46BN5. The van der Waals surface area contributed by atoms with Crippen LogP contribution in [0.1, 0.15) is 19.8 Å². The van der Waals surface area contributed by atoms with Gasteiger partial charge >= 0.3 is 5.96 Å². The maximum atomic E-state index is 4.67. The number of hydrogen-bond acceptors (Lipinski definition) is 0. The number of unbranched alkanes of at least 4 members (excludes halogenated alkanes) is 1. The molecule has 0 bridgehead atoms. The Kier molecular flexibility index (Phi) is 10.6. The summed E-state index contributed by atoms with van der Waals surface area (Å²) in [4.78, 5) is 11.0. The lowest BCUT2D eigenvalue weighted by molar-refractivity contribution is -0.470. The van der Waals surface area contributed by atoms with Gasteiger partial charge in [0.25, 0.3) is 5.96 Å². The van der Waals surface area contributed by atoms with Gasteiger partial charge in [-0.2, -0.15) is 22.7 Å². The molecule has 0 spiro atoms. The highest BCUT2D eigenvalue weighted by Crippen LogP contribution is 2.16. The Labute approximate surface area is 231 Å². The van der Waals surface area contributed by atoms with Crippen molar-refractivity contribution in [1.82, 2.24) is 14.7 Å². The van der Waals surface area contributed by atoms with Gasteiger partial charge in [-0.3, -0.25) is 9.48 Å². The fraction of sp³-hybridized carbons (Fsp3) is 0.375. The van der Waals surface area contributed by atoms with Crippen molar-refractivity contribution in [1.29, 1.82) is 0 Å². The molecule has 3 aromatic carbocycles. The van der Waals surface area contributed by atoms with Gasteiger partial charge in [0.1, 0.15) is 0 Å². The Bertz CT molecular complexity index is 1060. The van der Waals surface area contributed by atoms with Crippen LogP contribution in [0.5, 0.6) is 0 Å². The van der Waals surface area contributed by atoms with Crippen molar-refractivity contribution < 1.29 is 4.58 Å². The molecule has 0 aliphatic carbocycles. The first-order valence-corrected chi connectivity index (χ1v) is 13.9. The second-order valence-electron chi connectivity index (χ2n) is 10.8. The predicted octanol–water partition coefficient (Wildman–Crippen LogP) is 3.37. The van der Waals surface area contributed by atoms with Crippen LogP contribution in [0.4, 0.5) is 0 Å². The van der Waals surface area contributed by atoms with Crippen molar-refractivity contribution in [2.45, 2.75) is 26.1 Å². The highest BCUT2D eigenvalue weighted by molar-refractivity contribution is 7.11. The first-order chi connectivity index (χ1) is 18.3. The minimum atomic E-state index is -0.913. The van der Waals surface area contributed by atoms with Crippen LogP contribution < -0.4 is 16.4 Å². The van der Waals surface area contributed by atoms with Crippen LogP contribution in [0, 0.1) is 0 Å². The van der Waals surface area contributed by atoms with Gasteiger partial charge in [-0.15, -0.1) is 0 Å². The minimum absolute atomic E-state index is 0.913. The zero-order chi connectivity index (χ0) is 27.5. The van der Waals surface area contributed by atoms with Crippen molar-refractivity contribution in [2.75, 3.05) is 55.4 Å². The molecule has 0 aromatic heterocycles. The predicted molar refractivity (Wildman–Crippen MR) is 167 cm³/mol. The Hall–Kier alpha value is -3.54. The van der Waals surface area contributed by atoms with Crippen molar-refractivity contribution in [3.63, 3.8) is 0 Å². The zero-order valence-electron chi connectivity index (χ0n) is 24.5. The van der Waals surface area contributed by atoms with Gasteiger partial charge in [-0.25, -0.2) is 0 Å². The van der Waals surface area contributed by atoms with Crippen molar-refractivity contribution in [2.24, 2.45) is 4.99 Å². The molecule has 6 heteroatoms. The molecular weight excluding hydrogens is 465 g/mol. The van der Waals surface area contributed by atoms with Crippen LogP contribution in [0.3, 0.4) is 0 Å². The summed E-state index contributed by atoms with van der Waals surface area (Å²) in [5.74, 6) is 2.00. The van der Waals surface area contributed by atoms with Gasteiger partial charge in [-0.1, -0.05) is 111 Å². The molecule has 1 aliphatic heterocycles. The lowest BCUT2D eigenvalue weighted by Gasteiger charge is -2.43. The number of likely N-dealkylation sites (N-methyl/N-ethyl adjacent to an activating group) is 2. The molecule has 0 amide bonds. The summed E-state index contributed by atoms with van der Waals surface area (Å²) < 4.78 is 2.02. The number of aliphatic imine (C=N–C) groups is 1. The average Bonchev–Trinajstić information content (AvgIpc) is 3.26. The third kappa shape index (κ3) is 6.86. The summed E-state index contributed by atoms with van der Waals surface area (Å²) in [6, 6.07) is 33.2. The summed E-state index contributed by atoms with van der Waals surface area (Å²) in [6.07, 6.45) is 2.73. The molecule has 202 valence electrons. The molecule has 38 heavy (non-hydrogen) atoms. The quantitative estimate of drug-likeness (QED) is 0.220. The normalized spacial score (nSPS) is 13.1. The van der Waals surface area contributed by atoms with Crippen LogP contribution in [-0.4, -0.2) is 92.7 Å². The second-order valence-corrected chi connectivity index (χ2v) is 10.8. The van der Waals surface area contributed by atoms with E-state index in [-0.39, 0.29) is 0 Å². The van der Waals surface area contributed by atoms with Crippen molar-refractivity contribution in [3.05, 3.63) is 91.0 Å². The molecule has 0 N–H and O–H groups in total. The molecule has 4 rings (SSSR count). The number of benzene rings is 3. The summed E-state index contributed by atoms with van der Waals surface area (Å²) in [7, 11) is 12.2. The van der Waals surface area contributed by atoms with E-state index in [2.05, 4.69) is 127 Å². The molecule has 1 aliphatic rings. The van der Waals surface area contributed by atoms with Crippen molar-refractivity contribution >= 4 is 34.5 Å². The fourth-order valence-corrected chi connectivity index (χ4v) is 5.58. The monoisotopic (exact) mass is 511 g/mol. The zero-order valence-corrected chi connectivity index (χ0v) is 24.5. The summed E-state index contributed by atoms with van der Waals surface area (Å²) in [5.41, 5.74) is 4.33. The Morgan fingerprint density at radius 2 is 1.16 bits per heavy atom. The Morgan fingerprint density at radius 3 is 1.47 bits per heavy atom. The maximum absolute atomic E-state index is 4.67. The van der Waals surface area contributed by atoms with E-state index in [1.165, 1.54) is 35.6 Å². The van der Waals surface area contributed by atoms with Crippen LogP contribution in [0.25, 0.3) is 0 Å². The lowest BCUT2D eigenvalue weighted by atomic mass is 9.14. The van der Waals surface area contributed by atoms with Gasteiger partial charge in [0.05, 0.1) is 34.3 Å². The van der Waals surface area contributed by atoms with Crippen LogP contribution in [0.2, 0.25) is 6.32 Å². The van der Waals surface area contributed by atoms with E-state index in [0.29, 0.717) is 0 Å². The third-order valence-corrected chi connectivity index (χ3v) is 7.55. The van der Waals surface area contributed by atoms with E-state index in [9.17, 15) is 0 Å². The smallest absolute Gasteiger partial charge is 0.330 e. The molecule has 3 aromatic rings. The number of rotatable bonds is 6. The van der Waals surface area contributed by atoms with Gasteiger partial charge in [0.2, 0.25) is 0 Å². The van der Waals surface area contributed by atoms with Crippen LogP contribution in [-0.2, 0) is 0 Å². The highest BCUT2D eigenvalue weighted by atomic mass is 15.4. The van der Waals surface area contributed by atoms with Gasteiger partial charge < -0.3 is 9.80 Å². The van der Waals surface area contributed by atoms with Gasteiger partial charge in [0, 0.05) is 27.2 Å². The van der Waals surface area contributed by atoms with Gasteiger partial charge in [-0.05, 0) is 4.99 Å². The van der Waals surface area contributed by atoms with Crippen molar-refractivity contribution in [3.8, 4) is 0 Å². The van der Waals surface area contributed by atoms with Gasteiger partial charge in [0.15, 0.2) is 0 Å². The molecule has 1 saturated heterocycles. The SMILES string of the molecule is CCCC[B-](c1ccccc1)(c1ccccc1)c1ccccc1.CN(C)C(N=C1N(C)CCN1C)=[N+](C)C. The summed E-state index contributed by atoms with van der Waals surface area (Å²) in [5, 5.41) is 0. The third-order valence-electron chi connectivity index (χ3n) is 7.55.